The minimum atomic E-state index is 0.377. The first-order valence-corrected chi connectivity index (χ1v) is 7.71. The lowest BCUT2D eigenvalue weighted by molar-refractivity contribution is 0.209. The summed E-state index contributed by atoms with van der Waals surface area (Å²) in [6.07, 6.45) is 6.65. The Morgan fingerprint density at radius 2 is 2.00 bits per heavy atom. The van der Waals surface area contributed by atoms with Crippen molar-refractivity contribution >= 4 is 0 Å². The highest BCUT2D eigenvalue weighted by molar-refractivity contribution is 5.30. The van der Waals surface area contributed by atoms with Gasteiger partial charge in [0, 0.05) is 12.1 Å². The van der Waals surface area contributed by atoms with Crippen LogP contribution in [-0.2, 0) is 0 Å². The second-order valence-corrected chi connectivity index (χ2v) is 5.79. The highest BCUT2D eigenvalue weighted by Gasteiger charge is 2.17. The van der Waals surface area contributed by atoms with Gasteiger partial charge in [0.05, 0.1) is 6.10 Å². The van der Waals surface area contributed by atoms with Crippen LogP contribution < -0.4 is 10.1 Å². The molecule has 0 bridgehead atoms. The van der Waals surface area contributed by atoms with E-state index in [9.17, 15) is 0 Å². The Labute approximate surface area is 117 Å². The average molecular weight is 261 g/mol. The molecule has 1 saturated carbocycles. The van der Waals surface area contributed by atoms with Crippen molar-refractivity contribution in [2.24, 2.45) is 0 Å². The summed E-state index contributed by atoms with van der Waals surface area (Å²) in [7, 11) is 0. The fraction of sp³-hybridized carbons (Fsp3) is 0.647. The standard InChI is InChI=1S/C17H27NO/c1-4-13(2)18-14(3)15-8-7-11-17(12-15)19-16-9-5-6-10-16/h7-8,11-14,16,18H,4-6,9-10H2,1-3H3. The molecule has 106 valence electrons. The van der Waals surface area contributed by atoms with Crippen LogP contribution in [0.15, 0.2) is 24.3 Å². The maximum absolute atomic E-state index is 6.07. The molecule has 0 aromatic heterocycles. The normalized spacial score (nSPS) is 19.3. The van der Waals surface area contributed by atoms with Crippen LogP contribution in [0.5, 0.6) is 5.75 Å². The van der Waals surface area contributed by atoms with Crippen molar-refractivity contribution in [3.63, 3.8) is 0 Å². The largest absolute Gasteiger partial charge is 0.490 e. The van der Waals surface area contributed by atoms with Gasteiger partial charge in [0.25, 0.3) is 0 Å². The van der Waals surface area contributed by atoms with Gasteiger partial charge in [-0.25, -0.2) is 0 Å². The van der Waals surface area contributed by atoms with Crippen molar-refractivity contribution in [1.82, 2.24) is 5.32 Å². The highest BCUT2D eigenvalue weighted by Crippen LogP contribution is 2.26. The second-order valence-electron chi connectivity index (χ2n) is 5.79. The van der Waals surface area contributed by atoms with Crippen molar-refractivity contribution in [2.45, 2.75) is 71.1 Å². The molecule has 1 aliphatic rings. The zero-order valence-electron chi connectivity index (χ0n) is 12.5. The third-order valence-corrected chi connectivity index (χ3v) is 4.11. The van der Waals surface area contributed by atoms with E-state index in [4.69, 9.17) is 4.74 Å². The number of hydrogen-bond acceptors (Lipinski definition) is 2. The van der Waals surface area contributed by atoms with E-state index in [-0.39, 0.29) is 0 Å². The Hall–Kier alpha value is -1.02. The number of hydrogen-bond donors (Lipinski definition) is 1. The van der Waals surface area contributed by atoms with E-state index < -0.39 is 0 Å². The van der Waals surface area contributed by atoms with Gasteiger partial charge in [-0.05, 0) is 63.6 Å². The minimum Gasteiger partial charge on any atom is -0.490 e. The van der Waals surface area contributed by atoms with E-state index in [1.807, 2.05) is 0 Å². The fourth-order valence-corrected chi connectivity index (χ4v) is 2.70. The van der Waals surface area contributed by atoms with Crippen molar-refractivity contribution in [1.29, 1.82) is 0 Å². The highest BCUT2D eigenvalue weighted by atomic mass is 16.5. The lowest BCUT2D eigenvalue weighted by atomic mass is 10.1. The molecule has 0 saturated heterocycles. The van der Waals surface area contributed by atoms with Crippen LogP contribution in [0.1, 0.15) is 64.5 Å². The maximum atomic E-state index is 6.07. The van der Waals surface area contributed by atoms with E-state index in [0.717, 1.165) is 12.2 Å². The van der Waals surface area contributed by atoms with Crippen molar-refractivity contribution < 1.29 is 4.74 Å². The molecule has 0 heterocycles. The van der Waals surface area contributed by atoms with E-state index in [0.29, 0.717) is 18.2 Å². The molecule has 0 radical (unpaired) electrons. The Bertz CT molecular complexity index is 385. The van der Waals surface area contributed by atoms with Crippen LogP contribution in [0.2, 0.25) is 0 Å². The van der Waals surface area contributed by atoms with Gasteiger partial charge < -0.3 is 10.1 Å². The van der Waals surface area contributed by atoms with E-state index >= 15 is 0 Å². The molecule has 2 rings (SSSR count). The first kappa shape index (κ1) is 14.4. The van der Waals surface area contributed by atoms with E-state index in [1.54, 1.807) is 0 Å². The summed E-state index contributed by atoms with van der Waals surface area (Å²) in [4.78, 5) is 0. The van der Waals surface area contributed by atoms with Gasteiger partial charge in [-0.15, -0.1) is 0 Å². The molecule has 2 unspecified atom stereocenters. The second kappa shape index (κ2) is 6.95. The predicted octanol–water partition coefficient (Wildman–Crippen LogP) is 4.46. The lowest BCUT2D eigenvalue weighted by Crippen LogP contribution is -2.28. The van der Waals surface area contributed by atoms with Crippen molar-refractivity contribution in [3.8, 4) is 5.75 Å². The molecule has 0 spiro atoms. The van der Waals surface area contributed by atoms with Crippen LogP contribution in [0.25, 0.3) is 0 Å². The third-order valence-electron chi connectivity index (χ3n) is 4.11. The van der Waals surface area contributed by atoms with Crippen LogP contribution in [0, 0.1) is 0 Å². The summed E-state index contributed by atoms with van der Waals surface area (Å²) < 4.78 is 6.07. The van der Waals surface area contributed by atoms with Gasteiger partial charge in [-0.3, -0.25) is 0 Å². The van der Waals surface area contributed by atoms with Crippen molar-refractivity contribution in [2.75, 3.05) is 0 Å². The van der Waals surface area contributed by atoms with Crippen molar-refractivity contribution in [3.05, 3.63) is 29.8 Å². The summed E-state index contributed by atoms with van der Waals surface area (Å²) in [6, 6.07) is 9.49. The molecular formula is C17H27NO. The number of benzene rings is 1. The topological polar surface area (TPSA) is 21.3 Å². The van der Waals surface area contributed by atoms with Gasteiger partial charge in [-0.1, -0.05) is 19.1 Å². The molecular weight excluding hydrogens is 234 g/mol. The fourth-order valence-electron chi connectivity index (χ4n) is 2.70. The average Bonchev–Trinajstić information content (AvgIpc) is 2.91. The van der Waals surface area contributed by atoms with Crippen LogP contribution in [0.4, 0.5) is 0 Å². The molecule has 0 aliphatic heterocycles. The quantitative estimate of drug-likeness (QED) is 0.816. The summed E-state index contributed by atoms with van der Waals surface area (Å²) in [5.74, 6) is 1.03. The molecule has 19 heavy (non-hydrogen) atoms. The summed E-state index contributed by atoms with van der Waals surface area (Å²) >= 11 is 0. The summed E-state index contributed by atoms with van der Waals surface area (Å²) in [5.41, 5.74) is 1.32. The third kappa shape index (κ3) is 4.24. The van der Waals surface area contributed by atoms with Gasteiger partial charge in [0.15, 0.2) is 0 Å². The molecule has 1 aliphatic carbocycles. The Morgan fingerprint density at radius 3 is 2.68 bits per heavy atom. The smallest absolute Gasteiger partial charge is 0.120 e. The zero-order chi connectivity index (χ0) is 13.7. The minimum absolute atomic E-state index is 0.377. The molecule has 2 nitrogen and oxygen atoms in total. The first-order chi connectivity index (χ1) is 9.19. The molecule has 1 aromatic carbocycles. The summed E-state index contributed by atoms with van der Waals surface area (Å²) in [6.45, 7) is 6.67. The van der Waals surface area contributed by atoms with Gasteiger partial charge in [0.1, 0.15) is 5.75 Å². The molecule has 1 N–H and O–H groups in total. The lowest BCUT2D eigenvalue weighted by Gasteiger charge is -2.20. The molecule has 1 aromatic rings. The SMILES string of the molecule is CCC(C)NC(C)c1cccc(OC2CCCC2)c1. The Morgan fingerprint density at radius 1 is 1.26 bits per heavy atom. The van der Waals surface area contributed by atoms with Crippen LogP contribution in [0.3, 0.4) is 0 Å². The van der Waals surface area contributed by atoms with E-state index in [1.165, 1.54) is 31.2 Å². The maximum Gasteiger partial charge on any atom is 0.120 e. The number of ether oxygens (including phenoxy) is 1. The zero-order valence-corrected chi connectivity index (χ0v) is 12.5. The molecule has 2 atom stereocenters. The monoisotopic (exact) mass is 261 g/mol. The number of rotatable bonds is 6. The molecule has 2 heteroatoms. The summed E-state index contributed by atoms with van der Waals surface area (Å²) in [5, 5.41) is 3.61. The number of nitrogens with one attached hydrogen (secondary N) is 1. The first-order valence-electron chi connectivity index (χ1n) is 7.71. The predicted molar refractivity (Wildman–Crippen MR) is 80.6 cm³/mol. The van der Waals surface area contributed by atoms with Gasteiger partial charge >= 0.3 is 0 Å². The van der Waals surface area contributed by atoms with E-state index in [2.05, 4.69) is 50.4 Å². The Balaban J connectivity index is 1.97. The van der Waals surface area contributed by atoms with Gasteiger partial charge in [0.2, 0.25) is 0 Å². The van der Waals surface area contributed by atoms with Gasteiger partial charge in [-0.2, -0.15) is 0 Å². The van der Waals surface area contributed by atoms with Crippen LogP contribution in [-0.4, -0.2) is 12.1 Å². The van der Waals surface area contributed by atoms with Crippen LogP contribution >= 0.6 is 0 Å². The molecule has 0 amide bonds. The Kier molecular flexibility index (Phi) is 5.26. The molecule has 1 fully saturated rings.